The quantitative estimate of drug-likeness (QED) is 0.771. The van der Waals surface area contributed by atoms with Gasteiger partial charge in [0.05, 0.1) is 18.4 Å². The summed E-state index contributed by atoms with van der Waals surface area (Å²) in [5, 5.41) is 2.04. The summed E-state index contributed by atoms with van der Waals surface area (Å²) in [6.07, 6.45) is 1.73. The second-order valence-electron chi connectivity index (χ2n) is 6.45. The molecule has 26 heavy (non-hydrogen) atoms. The minimum Gasteiger partial charge on any atom is -0.380 e. The number of hydrogen-bond acceptors (Lipinski definition) is 5. The van der Waals surface area contributed by atoms with Crippen molar-refractivity contribution < 1.29 is 22.7 Å². The molecule has 0 bridgehead atoms. The van der Waals surface area contributed by atoms with Crippen molar-refractivity contribution in [2.45, 2.75) is 24.3 Å². The van der Waals surface area contributed by atoms with Crippen LogP contribution in [0.15, 0.2) is 36.9 Å². The van der Waals surface area contributed by atoms with E-state index in [4.69, 9.17) is 4.74 Å². The molecule has 2 heterocycles. The molecule has 1 N–H and O–H groups in total. The van der Waals surface area contributed by atoms with Gasteiger partial charge in [0.2, 0.25) is 5.91 Å². The molecule has 2 atom stereocenters. The Morgan fingerprint density at radius 1 is 1.31 bits per heavy atom. The summed E-state index contributed by atoms with van der Waals surface area (Å²) in [6.45, 7) is 4.56. The van der Waals surface area contributed by atoms with E-state index in [0.29, 0.717) is 25.1 Å². The second kappa shape index (κ2) is 7.59. The lowest BCUT2D eigenvalue weighted by Gasteiger charge is -2.43. The van der Waals surface area contributed by atoms with Crippen molar-refractivity contribution in [3.63, 3.8) is 0 Å². The summed E-state index contributed by atoms with van der Waals surface area (Å²) in [5.41, 5.74) is 1.37. The first-order valence-corrected chi connectivity index (χ1v) is 10.2. The molecule has 2 unspecified atom stereocenters. The number of benzene rings is 1. The zero-order chi connectivity index (χ0) is 18.7. The predicted octanol–water partition coefficient (Wildman–Crippen LogP) is 0.517. The largest absolute Gasteiger partial charge is 0.380 e. The van der Waals surface area contributed by atoms with Crippen molar-refractivity contribution in [2.75, 3.05) is 25.5 Å². The van der Waals surface area contributed by atoms with Crippen LogP contribution in [0.25, 0.3) is 0 Å². The number of nitrogens with one attached hydrogen (secondary N) is 1. The number of sulfone groups is 1. The molecule has 0 saturated carbocycles. The lowest BCUT2D eigenvalue weighted by Crippen LogP contribution is -2.60. The summed E-state index contributed by atoms with van der Waals surface area (Å²) < 4.78 is 29.8. The Bertz CT molecular complexity index is 803. The maximum atomic E-state index is 12.9. The third-order valence-electron chi connectivity index (χ3n) is 4.86. The van der Waals surface area contributed by atoms with Crippen LogP contribution >= 0.6 is 0 Å². The Hall–Kier alpha value is -2.19. The highest BCUT2D eigenvalue weighted by Gasteiger charge is 2.45. The van der Waals surface area contributed by atoms with Crippen LogP contribution in [0.1, 0.15) is 22.3 Å². The Morgan fingerprint density at radius 2 is 2.04 bits per heavy atom. The van der Waals surface area contributed by atoms with Gasteiger partial charge in [0.1, 0.15) is 5.25 Å². The van der Waals surface area contributed by atoms with Crippen molar-refractivity contribution in [1.29, 1.82) is 0 Å². The minimum atomic E-state index is -3.22. The first kappa shape index (κ1) is 18.6. The number of rotatable bonds is 4. The van der Waals surface area contributed by atoms with Gasteiger partial charge in [-0.2, -0.15) is 0 Å². The number of ether oxygens (including phenoxy) is 1. The SMILES string of the molecule is C=CC(=O)NCc1ccc(C(=O)N2CCS(=O)(=O)C3COCCC32)cc1. The molecule has 3 rings (SSSR count). The van der Waals surface area contributed by atoms with Gasteiger partial charge in [0.25, 0.3) is 5.91 Å². The van der Waals surface area contributed by atoms with E-state index in [0.717, 1.165) is 5.56 Å². The molecule has 2 aliphatic rings. The first-order chi connectivity index (χ1) is 12.4. The number of carbonyl (C=O) groups is 2. The number of carbonyl (C=O) groups excluding carboxylic acids is 2. The number of fused-ring (bicyclic) bond motifs is 1. The summed E-state index contributed by atoms with van der Waals surface area (Å²) in [6, 6.07) is 6.63. The van der Waals surface area contributed by atoms with Crippen LogP contribution in [0.2, 0.25) is 0 Å². The van der Waals surface area contributed by atoms with Crippen LogP contribution in [0, 0.1) is 0 Å². The van der Waals surface area contributed by atoms with Crippen LogP contribution in [0.3, 0.4) is 0 Å². The average molecular weight is 378 g/mol. The molecule has 2 amide bonds. The molecule has 0 spiro atoms. The van der Waals surface area contributed by atoms with E-state index in [1.165, 1.54) is 6.08 Å². The molecule has 0 aliphatic carbocycles. The van der Waals surface area contributed by atoms with Crippen LogP contribution in [-0.4, -0.2) is 61.9 Å². The fourth-order valence-electron chi connectivity index (χ4n) is 3.39. The van der Waals surface area contributed by atoms with Gasteiger partial charge in [0, 0.05) is 25.3 Å². The fourth-order valence-corrected chi connectivity index (χ4v) is 5.21. The highest BCUT2D eigenvalue weighted by Crippen LogP contribution is 2.27. The van der Waals surface area contributed by atoms with Gasteiger partial charge in [-0.15, -0.1) is 0 Å². The molecule has 1 aromatic rings. The topological polar surface area (TPSA) is 92.8 Å². The van der Waals surface area contributed by atoms with Gasteiger partial charge in [0.15, 0.2) is 9.84 Å². The standard InChI is InChI=1S/C18H22N2O5S/c1-2-17(21)19-11-13-3-5-14(6-4-13)18(22)20-8-10-26(23,24)16-12-25-9-7-15(16)20/h2-6,15-16H,1,7-12H2,(H,19,21). The van der Waals surface area contributed by atoms with Crippen LogP contribution in [-0.2, 0) is 25.9 Å². The predicted molar refractivity (Wildman–Crippen MR) is 96.3 cm³/mol. The maximum absolute atomic E-state index is 12.9. The summed E-state index contributed by atoms with van der Waals surface area (Å²) in [7, 11) is -3.22. The van der Waals surface area contributed by atoms with Gasteiger partial charge < -0.3 is 15.0 Å². The lowest BCUT2D eigenvalue weighted by atomic mass is 10.0. The Balaban J connectivity index is 1.72. The molecule has 1 aromatic carbocycles. The third-order valence-corrected chi connectivity index (χ3v) is 6.99. The summed E-state index contributed by atoms with van der Waals surface area (Å²) in [4.78, 5) is 25.8. The molecule has 0 radical (unpaired) electrons. The number of hydrogen-bond donors (Lipinski definition) is 1. The van der Waals surface area contributed by atoms with Crippen molar-refractivity contribution in [3.8, 4) is 0 Å². The fraction of sp³-hybridized carbons (Fsp3) is 0.444. The van der Waals surface area contributed by atoms with Crippen LogP contribution < -0.4 is 5.32 Å². The van der Waals surface area contributed by atoms with E-state index in [9.17, 15) is 18.0 Å². The summed E-state index contributed by atoms with van der Waals surface area (Å²) in [5.74, 6) is -0.460. The Kier molecular flexibility index (Phi) is 5.43. The zero-order valence-corrected chi connectivity index (χ0v) is 15.2. The first-order valence-electron chi connectivity index (χ1n) is 8.52. The normalized spacial score (nSPS) is 24.4. The minimum absolute atomic E-state index is 0.0328. The molecule has 140 valence electrons. The molecule has 7 nitrogen and oxygen atoms in total. The average Bonchev–Trinajstić information content (AvgIpc) is 2.66. The van der Waals surface area contributed by atoms with Gasteiger partial charge in [-0.3, -0.25) is 9.59 Å². The smallest absolute Gasteiger partial charge is 0.254 e. The zero-order valence-electron chi connectivity index (χ0n) is 14.4. The highest BCUT2D eigenvalue weighted by atomic mass is 32.2. The van der Waals surface area contributed by atoms with Gasteiger partial charge >= 0.3 is 0 Å². The number of amides is 2. The second-order valence-corrected chi connectivity index (χ2v) is 8.79. The summed E-state index contributed by atoms with van der Waals surface area (Å²) >= 11 is 0. The van der Waals surface area contributed by atoms with Gasteiger partial charge in [-0.05, 0) is 30.2 Å². The molecule has 8 heteroatoms. The van der Waals surface area contributed by atoms with E-state index >= 15 is 0 Å². The molecular formula is C18H22N2O5S. The monoisotopic (exact) mass is 378 g/mol. The van der Waals surface area contributed by atoms with E-state index in [-0.39, 0.29) is 36.8 Å². The molecular weight excluding hydrogens is 356 g/mol. The van der Waals surface area contributed by atoms with E-state index in [1.807, 2.05) is 0 Å². The maximum Gasteiger partial charge on any atom is 0.254 e. The van der Waals surface area contributed by atoms with Crippen molar-refractivity contribution >= 4 is 21.7 Å². The van der Waals surface area contributed by atoms with E-state index in [2.05, 4.69) is 11.9 Å². The molecule has 2 aliphatic heterocycles. The molecule has 2 fully saturated rings. The highest BCUT2D eigenvalue weighted by molar-refractivity contribution is 7.92. The van der Waals surface area contributed by atoms with E-state index in [1.54, 1.807) is 29.2 Å². The van der Waals surface area contributed by atoms with Crippen molar-refractivity contribution in [2.24, 2.45) is 0 Å². The molecule has 2 saturated heterocycles. The van der Waals surface area contributed by atoms with Crippen molar-refractivity contribution in [3.05, 3.63) is 48.0 Å². The third kappa shape index (κ3) is 3.81. The molecule has 0 aromatic heterocycles. The van der Waals surface area contributed by atoms with E-state index < -0.39 is 15.1 Å². The van der Waals surface area contributed by atoms with Crippen LogP contribution in [0.5, 0.6) is 0 Å². The van der Waals surface area contributed by atoms with Gasteiger partial charge in [-0.25, -0.2) is 8.42 Å². The van der Waals surface area contributed by atoms with Crippen molar-refractivity contribution in [1.82, 2.24) is 10.2 Å². The lowest BCUT2D eigenvalue weighted by molar-refractivity contribution is -0.116. The van der Waals surface area contributed by atoms with Crippen LogP contribution in [0.4, 0.5) is 0 Å². The Morgan fingerprint density at radius 3 is 2.73 bits per heavy atom. The number of nitrogens with zero attached hydrogens (tertiary/aromatic N) is 1. The Labute approximate surface area is 152 Å². The van der Waals surface area contributed by atoms with Gasteiger partial charge in [-0.1, -0.05) is 18.7 Å².